The summed E-state index contributed by atoms with van der Waals surface area (Å²) in [5.41, 5.74) is 0. The van der Waals surface area contributed by atoms with E-state index in [1.165, 1.54) is 51.4 Å². The molecule has 3 nitrogen and oxygen atoms in total. The minimum absolute atomic E-state index is 0.782. The summed E-state index contributed by atoms with van der Waals surface area (Å²) in [4.78, 5) is 0. The Morgan fingerprint density at radius 2 is 1.35 bits per heavy atom. The zero-order chi connectivity index (χ0) is 14.9. The molecular weight excluding hydrogens is 268 g/mol. The molecule has 120 valence electrons. The minimum atomic E-state index is 0.782. The van der Waals surface area contributed by atoms with Crippen molar-refractivity contribution in [1.29, 1.82) is 0 Å². The fraction of sp³-hybridized carbons (Fsp3) is 0.938. The highest BCUT2D eigenvalue weighted by Gasteiger charge is 1.95. The molecule has 0 spiro atoms. The maximum absolute atomic E-state index is 5.27. The van der Waals surface area contributed by atoms with Crippen molar-refractivity contribution in [2.45, 2.75) is 71.6 Å². The van der Waals surface area contributed by atoms with Crippen LogP contribution in [0.5, 0.6) is 0 Å². The first-order valence-electron chi connectivity index (χ1n) is 8.40. The Morgan fingerprint density at radius 3 is 1.95 bits per heavy atom. The van der Waals surface area contributed by atoms with Crippen LogP contribution in [0.15, 0.2) is 0 Å². The molecule has 0 aliphatic heterocycles. The number of hydrogen-bond donors (Lipinski definition) is 2. The molecule has 0 saturated heterocycles. The maximum Gasteiger partial charge on any atom is 0.166 e. The van der Waals surface area contributed by atoms with Crippen LogP contribution in [-0.4, -0.2) is 31.4 Å². The highest BCUT2D eigenvalue weighted by molar-refractivity contribution is 7.80. The van der Waals surface area contributed by atoms with Crippen LogP contribution in [0.2, 0.25) is 0 Å². The molecule has 2 N–H and O–H groups in total. The zero-order valence-corrected chi connectivity index (χ0v) is 14.3. The molecule has 20 heavy (non-hydrogen) atoms. The zero-order valence-electron chi connectivity index (χ0n) is 13.5. The SMILES string of the molecule is CCCCCCCCCCNC(=S)NCCCOCC. The van der Waals surface area contributed by atoms with E-state index in [4.69, 9.17) is 17.0 Å². The van der Waals surface area contributed by atoms with Crippen LogP contribution in [0.3, 0.4) is 0 Å². The minimum Gasteiger partial charge on any atom is -0.382 e. The van der Waals surface area contributed by atoms with Gasteiger partial charge >= 0.3 is 0 Å². The normalized spacial score (nSPS) is 10.5. The average Bonchev–Trinajstić information content (AvgIpc) is 2.45. The summed E-state index contributed by atoms with van der Waals surface area (Å²) in [5, 5.41) is 7.25. The van der Waals surface area contributed by atoms with E-state index in [0.717, 1.165) is 37.8 Å². The van der Waals surface area contributed by atoms with Crippen LogP contribution in [-0.2, 0) is 4.74 Å². The predicted molar refractivity (Wildman–Crippen MR) is 92.3 cm³/mol. The van der Waals surface area contributed by atoms with Crippen molar-refractivity contribution in [2.24, 2.45) is 0 Å². The molecule has 0 heterocycles. The second kappa shape index (κ2) is 16.7. The summed E-state index contributed by atoms with van der Waals surface area (Å²) in [5.74, 6) is 0. The Morgan fingerprint density at radius 1 is 0.800 bits per heavy atom. The Balaban J connectivity index is 3.11. The highest BCUT2D eigenvalue weighted by Crippen LogP contribution is 2.07. The van der Waals surface area contributed by atoms with Gasteiger partial charge in [-0.25, -0.2) is 0 Å². The Labute approximate surface area is 131 Å². The molecule has 0 aliphatic carbocycles. The second-order valence-electron chi connectivity index (χ2n) is 5.21. The largest absolute Gasteiger partial charge is 0.382 e. The van der Waals surface area contributed by atoms with Gasteiger partial charge in [0.25, 0.3) is 0 Å². The molecule has 0 aliphatic rings. The number of ether oxygens (including phenoxy) is 1. The lowest BCUT2D eigenvalue weighted by molar-refractivity contribution is 0.145. The van der Waals surface area contributed by atoms with E-state index in [-0.39, 0.29) is 0 Å². The summed E-state index contributed by atoms with van der Waals surface area (Å²) >= 11 is 5.22. The third-order valence-electron chi connectivity index (χ3n) is 3.27. The van der Waals surface area contributed by atoms with Crippen LogP contribution in [0.1, 0.15) is 71.6 Å². The van der Waals surface area contributed by atoms with Gasteiger partial charge in [0, 0.05) is 26.3 Å². The molecule has 0 bridgehead atoms. The summed E-state index contributed by atoms with van der Waals surface area (Å²) in [7, 11) is 0. The van der Waals surface area contributed by atoms with Gasteiger partial charge < -0.3 is 15.4 Å². The van der Waals surface area contributed by atoms with Gasteiger partial charge in [0.2, 0.25) is 0 Å². The molecule has 0 amide bonds. The molecule has 4 heteroatoms. The molecule has 0 atom stereocenters. The molecule has 0 aromatic carbocycles. The number of hydrogen-bond acceptors (Lipinski definition) is 2. The van der Waals surface area contributed by atoms with Gasteiger partial charge in [0.15, 0.2) is 5.11 Å². The quantitative estimate of drug-likeness (QED) is 0.375. The molecule has 0 radical (unpaired) electrons. The second-order valence-corrected chi connectivity index (χ2v) is 5.62. The van der Waals surface area contributed by atoms with E-state index in [1.807, 2.05) is 6.92 Å². The van der Waals surface area contributed by atoms with Crippen molar-refractivity contribution in [2.75, 3.05) is 26.3 Å². The summed E-state index contributed by atoms with van der Waals surface area (Å²) in [6.07, 6.45) is 11.8. The van der Waals surface area contributed by atoms with E-state index in [0.29, 0.717) is 0 Å². The Kier molecular flexibility index (Phi) is 16.4. The van der Waals surface area contributed by atoms with Crippen LogP contribution < -0.4 is 10.6 Å². The van der Waals surface area contributed by atoms with Crippen LogP contribution in [0.4, 0.5) is 0 Å². The summed E-state index contributed by atoms with van der Waals surface area (Å²) in [6.45, 7) is 7.77. The first-order valence-corrected chi connectivity index (χ1v) is 8.81. The summed E-state index contributed by atoms with van der Waals surface area (Å²) < 4.78 is 5.27. The fourth-order valence-corrected chi connectivity index (χ4v) is 2.25. The third-order valence-corrected chi connectivity index (χ3v) is 3.56. The van der Waals surface area contributed by atoms with E-state index < -0.39 is 0 Å². The third kappa shape index (κ3) is 15.7. The molecule has 0 aromatic heterocycles. The molecule has 0 aromatic rings. The number of nitrogens with one attached hydrogen (secondary N) is 2. The maximum atomic E-state index is 5.27. The first-order chi connectivity index (χ1) is 9.81. The smallest absolute Gasteiger partial charge is 0.166 e. The van der Waals surface area contributed by atoms with Gasteiger partial charge in [0.05, 0.1) is 0 Å². The van der Waals surface area contributed by atoms with Gasteiger partial charge in [-0.3, -0.25) is 0 Å². The number of thiocarbonyl (C=S) groups is 1. The molecule has 0 unspecified atom stereocenters. The van der Waals surface area contributed by atoms with Crippen molar-refractivity contribution >= 4 is 17.3 Å². The van der Waals surface area contributed by atoms with Gasteiger partial charge in [-0.05, 0) is 32.0 Å². The van der Waals surface area contributed by atoms with Crippen molar-refractivity contribution < 1.29 is 4.74 Å². The monoisotopic (exact) mass is 302 g/mol. The van der Waals surface area contributed by atoms with Crippen molar-refractivity contribution in [3.8, 4) is 0 Å². The van der Waals surface area contributed by atoms with Gasteiger partial charge in [-0.15, -0.1) is 0 Å². The standard InChI is InChI=1S/C16H34N2OS/c1-3-5-6-7-8-9-10-11-13-17-16(20)18-14-12-15-19-4-2/h3-15H2,1-2H3,(H2,17,18,20). The molecule has 0 fully saturated rings. The van der Waals surface area contributed by atoms with E-state index >= 15 is 0 Å². The topological polar surface area (TPSA) is 33.3 Å². The fourth-order valence-electron chi connectivity index (χ4n) is 2.04. The molecular formula is C16H34N2OS. The van der Waals surface area contributed by atoms with Gasteiger partial charge in [0.1, 0.15) is 0 Å². The number of rotatable bonds is 14. The van der Waals surface area contributed by atoms with Crippen LogP contribution in [0, 0.1) is 0 Å². The highest BCUT2D eigenvalue weighted by atomic mass is 32.1. The van der Waals surface area contributed by atoms with Gasteiger partial charge in [-0.2, -0.15) is 0 Å². The van der Waals surface area contributed by atoms with E-state index in [9.17, 15) is 0 Å². The van der Waals surface area contributed by atoms with E-state index in [1.54, 1.807) is 0 Å². The Hall–Kier alpha value is -0.350. The lowest BCUT2D eigenvalue weighted by atomic mass is 10.1. The molecule has 0 rings (SSSR count). The van der Waals surface area contributed by atoms with Gasteiger partial charge in [-0.1, -0.05) is 51.9 Å². The average molecular weight is 303 g/mol. The summed E-state index contributed by atoms with van der Waals surface area (Å²) in [6, 6.07) is 0. The van der Waals surface area contributed by atoms with Crippen molar-refractivity contribution in [3.63, 3.8) is 0 Å². The number of unbranched alkanes of at least 4 members (excludes halogenated alkanes) is 7. The Bertz CT molecular complexity index is 213. The van der Waals surface area contributed by atoms with Crippen LogP contribution in [0.25, 0.3) is 0 Å². The lowest BCUT2D eigenvalue weighted by Gasteiger charge is -2.10. The van der Waals surface area contributed by atoms with Crippen molar-refractivity contribution in [3.05, 3.63) is 0 Å². The predicted octanol–water partition coefficient (Wildman–Crippen LogP) is 4.02. The van der Waals surface area contributed by atoms with E-state index in [2.05, 4.69) is 17.6 Å². The van der Waals surface area contributed by atoms with Crippen molar-refractivity contribution in [1.82, 2.24) is 10.6 Å². The van der Waals surface area contributed by atoms with Crippen LogP contribution >= 0.6 is 12.2 Å². The first kappa shape index (κ1) is 19.7. The molecule has 0 saturated carbocycles. The lowest BCUT2D eigenvalue weighted by Crippen LogP contribution is -2.36.